The van der Waals surface area contributed by atoms with Crippen LogP contribution in [0.25, 0.3) is 38.4 Å². The Bertz CT molecular complexity index is 1730. The molecule has 0 spiro atoms. The van der Waals surface area contributed by atoms with Crippen molar-refractivity contribution in [2.75, 3.05) is 12.4 Å². The molecule has 0 aliphatic carbocycles. The summed E-state index contributed by atoms with van der Waals surface area (Å²) in [5, 5.41) is 8.78. The third-order valence-corrected chi connectivity index (χ3v) is 6.87. The molecule has 9 heteroatoms. The molecule has 7 nitrogen and oxygen atoms in total. The van der Waals surface area contributed by atoms with E-state index in [0.29, 0.717) is 15.8 Å². The summed E-state index contributed by atoms with van der Waals surface area (Å²) in [6.45, 7) is 0. The van der Waals surface area contributed by atoms with Crippen LogP contribution in [0.4, 0.5) is 5.13 Å². The number of methoxy groups -OCH3 is 1. The lowest BCUT2D eigenvalue weighted by Gasteiger charge is -2.08. The van der Waals surface area contributed by atoms with E-state index < -0.39 is 0 Å². The molecule has 0 fully saturated rings. The van der Waals surface area contributed by atoms with Crippen molar-refractivity contribution in [1.82, 2.24) is 19.6 Å². The minimum atomic E-state index is -0.360. The largest absolute Gasteiger partial charge is 0.497 e. The number of carbonyl (C=O) groups excluding carboxylic acids is 1. The number of fused-ring (bicyclic) bond motifs is 2. The van der Waals surface area contributed by atoms with E-state index in [1.165, 1.54) is 11.3 Å². The van der Waals surface area contributed by atoms with Gasteiger partial charge in [-0.25, -0.2) is 14.5 Å². The number of aromatic nitrogens is 4. The van der Waals surface area contributed by atoms with E-state index in [0.717, 1.165) is 38.5 Å². The Morgan fingerprint density at radius 1 is 0.944 bits per heavy atom. The van der Waals surface area contributed by atoms with E-state index in [9.17, 15) is 4.79 Å². The summed E-state index contributed by atoms with van der Waals surface area (Å²) in [5.74, 6) is 0.375. The van der Waals surface area contributed by atoms with Crippen LogP contribution in [-0.4, -0.2) is 32.6 Å². The zero-order valence-electron chi connectivity index (χ0n) is 19.0. The predicted molar refractivity (Wildman–Crippen MR) is 143 cm³/mol. The first-order valence-electron chi connectivity index (χ1n) is 11.1. The maximum atomic E-state index is 13.3. The molecule has 176 valence electrons. The van der Waals surface area contributed by atoms with Crippen molar-refractivity contribution in [3.05, 3.63) is 95.6 Å². The molecular formula is C27H18ClN5O2S. The Morgan fingerprint density at radius 2 is 1.75 bits per heavy atom. The van der Waals surface area contributed by atoms with Crippen molar-refractivity contribution in [3.63, 3.8) is 0 Å². The molecule has 0 saturated carbocycles. The van der Waals surface area contributed by atoms with Crippen LogP contribution in [0.2, 0.25) is 5.02 Å². The van der Waals surface area contributed by atoms with Gasteiger partial charge in [0.25, 0.3) is 5.91 Å². The molecule has 0 aliphatic rings. The molecule has 0 bridgehead atoms. The normalized spacial score (nSPS) is 11.2. The van der Waals surface area contributed by atoms with Gasteiger partial charge in [0, 0.05) is 22.2 Å². The van der Waals surface area contributed by atoms with Gasteiger partial charge in [0.15, 0.2) is 10.8 Å². The molecule has 36 heavy (non-hydrogen) atoms. The highest BCUT2D eigenvalue weighted by Crippen LogP contribution is 2.30. The first kappa shape index (κ1) is 22.2. The van der Waals surface area contributed by atoms with Crippen LogP contribution in [0.15, 0.2) is 84.9 Å². The zero-order chi connectivity index (χ0) is 24.6. The first-order valence-corrected chi connectivity index (χ1v) is 12.2. The van der Waals surface area contributed by atoms with Crippen LogP contribution >= 0.6 is 22.9 Å². The van der Waals surface area contributed by atoms with E-state index >= 15 is 0 Å². The number of halogens is 1. The van der Waals surface area contributed by atoms with Gasteiger partial charge < -0.3 is 4.74 Å². The highest BCUT2D eigenvalue weighted by molar-refractivity contribution is 7.22. The number of thiazole rings is 1. The molecular weight excluding hydrogens is 494 g/mol. The summed E-state index contributed by atoms with van der Waals surface area (Å²) < 4.78 is 7.94. The van der Waals surface area contributed by atoms with E-state index in [4.69, 9.17) is 21.4 Å². The maximum Gasteiger partial charge on any atom is 0.276 e. The standard InChI is InChI=1S/C27H18ClN5O2S/c1-35-19-11-12-20-24(13-19)36-27(30-20)31-26(34)22-14-23(17-7-9-18(28)10-8-17)33-25(29-22)15-21(32-33)16-5-3-2-4-6-16/h2-15H,1H3,(H,30,31,34). The summed E-state index contributed by atoms with van der Waals surface area (Å²) in [4.78, 5) is 22.4. The third-order valence-electron chi connectivity index (χ3n) is 5.69. The van der Waals surface area contributed by atoms with Gasteiger partial charge >= 0.3 is 0 Å². The average Bonchev–Trinajstić information content (AvgIpc) is 3.52. The number of hydrogen-bond donors (Lipinski definition) is 1. The summed E-state index contributed by atoms with van der Waals surface area (Å²) >= 11 is 7.49. The van der Waals surface area contributed by atoms with Crippen molar-refractivity contribution in [2.45, 2.75) is 0 Å². The molecule has 6 aromatic rings. The number of anilines is 1. The lowest BCUT2D eigenvalue weighted by atomic mass is 10.1. The Morgan fingerprint density at radius 3 is 2.53 bits per heavy atom. The molecule has 3 aromatic carbocycles. The monoisotopic (exact) mass is 511 g/mol. The van der Waals surface area contributed by atoms with Gasteiger partial charge in [-0.1, -0.05) is 65.4 Å². The maximum absolute atomic E-state index is 13.3. The fraction of sp³-hybridized carbons (Fsp3) is 0.0370. The van der Waals surface area contributed by atoms with Crippen LogP contribution in [-0.2, 0) is 0 Å². The second-order valence-electron chi connectivity index (χ2n) is 8.01. The van der Waals surface area contributed by atoms with Gasteiger partial charge in [-0.15, -0.1) is 0 Å². The Balaban J connectivity index is 1.42. The topological polar surface area (TPSA) is 81.4 Å². The van der Waals surface area contributed by atoms with Crippen molar-refractivity contribution < 1.29 is 9.53 Å². The lowest BCUT2D eigenvalue weighted by Crippen LogP contribution is -2.15. The number of nitrogens with zero attached hydrogens (tertiary/aromatic N) is 4. The van der Waals surface area contributed by atoms with Crippen LogP contribution in [0.5, 0.6) is 5.75 Å². The number of carbonyl (C=O) groups is 1. The summed E-state index contributed by atoms with van der Waals surface area (Å²) in [6, 6.07) is 26.4. The summed E-state index contributed by atoms with van der Waals surface area (Å²) in [7, 11) is 1.62. The molecule has 6 rings (SSSR count). The van der Waals surface area contributed by atoms with Crippen molar-refractivity contribution in [3.8, 4) is 28.3 Å². The SMILES string of the molecule is COc1ccc2nc(NC(=O)c3cc(-c4ccc(Cl)cc4)n4nc(-c5ccccc5)cc4n3)sc2c1. The number of amides is 1. The van der Waals surface area contributed by atoms with Crippen molar-refractivity contribution in [1.29, 1.82) is 0 Å². The minimum Gasteiger partial charge on any atom is -0.497 e. The molecule has 1 N–H and O–H groups in total. The second-order valence-corrected chi connectivity index (χ2v) is 9.47. The van der Waals surface area contributed by atoms with Crippen LogP contribution in [0.1, 0.15) is 10.5 Å². The number of nitrogens with one attached hydrogen (secondary N) is 1. The molecule has 3 aromatic heterocycles. The molecule has 0 radical (unpaired) electrons. The highest BCUT2D eigenvalue weighted by Gasteiger charge is 2.18. The van der Waals surface area contributed by atoms with Crippen LogP contribution in [0.3, 0.4) is 0 Å². The number of ether oxygens (including phenoxy) is 1. The van der Waals surface area contributed by atoms with Crippen LogP contribution < -0.4 is 10.1 Å². The average molecular weight is 512 g/mol. The highest BCUT2D eigenvalue weighted by atomic mass is 35.5. The summed E-state index contributed by atoms with van der Waals surface area (Å²) in [5.41, 5.74) is 4.89. The zero-order valence-corrected chi connectivity index (χ0v) is 20.5. The molecule has 0 atom stereocenters. The lowest BCUT2D eigenvalue weighted by molar-refractivity contribution is 0.102. The quantitative estimate of drug-likeness (QED) is 0.282. The smallest absolute Gasteiger partial charge is 0.276 e. The van der Waals surface area contributed by atoms with E-state index in [1.54, 1.807) is 29.8 Å². The predicted octanol–water partition coefficient (Wildman–Crippen LogP) is 6.59. The van der Waals surface area contributed by atoms with Gasteiger partial charge in [0.2, 0.25) is 0 Å². The molecule has 3 heterocycles. The van der Waals surface area contributed by atoms with Gasteiger partial charge in [-0.05, 0) is 36.4 Å². The second kappa shape index (κ2) is 9.07. The summed E-state index contributed by atoms with van der Waals surface area (Å²) in [6.07, 6.45) is 0. The van der Waals surface area contributed by atoms with E-state index in [2.05, 4.69) is 15.3 Å². The number of rotatable bonds is 5. The van der Waals surface area contributed by atoms with Crippen molar-refractivity contribution in [2.24, 2.45) is 0 Å². The van der Waals surface area contributed by atoms with Gasteiger partial charge in [-0.2, -0.15) is 5.10 Å². The number of hydrogen-bond acceptors (Lipinski definition) is 6. The minimum absolute atomic E-state index is 0.254. The first-order chi connectivity index (χ1) is 17.6. The third kappa shape index (κ3) is 4.17. The van der Waals surface area contributed by atoms with Gasteiger partial charge in [0.05, 0.1) is 28.7 Å². The van der Waals surface area contributed by atoms with E-state index in [1.807, 2.05) is 66.7 Å². The fourth-order valence-electron chi connectivity index (χ4n) is 3.91. The van der Waals surface area contributed by atoms with Crippen molar-refractivity contribution >= 4 is 49.8 Å². The molecule has 0 unspecified atom stereocenters. The van der Waals surface area contributed by atoms with Crippen LogP contribution in [0, 0.1) is 0 Å². The molecule has 1 amide bonds. The molecule has 0 aliphatic heterocycles. The molecule has 0 saturated heterocycles. The Labute approximate surface area is 215 Å². The van der Waals surface area contributed by atoms with Gasteiger partial charge in [-0.3, -0.25) is 10.1 Å². The van der Waals surface area contributed by atoms with Gasteiger partial charge in [0.1, 0.15) is 11.4 Å². The van der Waals surface area contributed by atoms with E-state index in [-0.39, 0.29) is 11.6 Å². The Kier molecular flexibility index (Phi) is 5.59. The Hall–Kier alpha value is -4.27. The number of benzene rings is 3. The fourth-order valence-corrected chi connectivity index (χ4v) is 4.93.